The highest BCUT2D eigenvalue weighted by molar-refractivity contribution is 5.77. The number of carboxylic acid groups (broad SMARTS) is 1. The Morgan fingerprint density at radius 2 is 2.11 bits per heavy atom. The lowest BCUT2D eigenvalue weighted by atomic mass is 9.93. The van der Waals surface area contributed by atoms with Crippen molar-refractivity contribution >= 4 is 12.0 Å². The molecule has 0 spiro atoms. The van der Waals surface area contributed by atoms with Crippen LogP contribution in [0.2, 0.25) is 0 Å². The van der Waals surface area contributed by atoms with E-state index >= 15 is 0 Å². The second-order valence-corrected chi connectivity index (χ2v) is 5.71. The van der Waals surface area contributed by atoms with Crippen LogP contribution in [-0.4, -0.2) is 42.4 Å². The molecule has 0 bridgehead atoms. The topological polar surface area (TPSA) is 87.7 Å². The molecule has 1 unspecified atom stereocenters. The quantitative estimate of drug-likeness (QED) is 0.701. The number of carbonyl (C=O) groups is 2. The van der Waals surface area contributed by atoms with Gasteiger partial charge in [0.15, 0.2) is 0 Å². The summed E-state index contributed by atoms with van der Waals surface area (Å²) in [5, 5.41) is 14.4. The molecular formula is C12H22N2O4. The summed E-state index contributed by atoms with van der Waals surface area (Å²) in [5.74, 6) is -0.935. The van der Waals surface area contributed by atoms with Crippen molar-refractivity contribution in [3.63, 3.8) is 0 Å². The first kappa shape index (κ1) is 14.8. The van der Waals surface area contributed by atoms with Gasteiger partial charge in [0.05, 0.1) is 17.6 Å². The average Bonchev–Trinajstić information content (AvgIpc) is 2.26. The Balaban J connectivity index is 2.40. The van der Waals surface area contributed by atoms with Crippen molar-refractivity contribution in [2.24, 2.45) is 5.41 Å². The molecule has 1 aliphatic rings. The fourth-order valence-electron chi connectivity index (χ4n) is 1.73. The van der Waals surface area contributed by atoms with Gasteiger partial charge in [-0.05, 0) is 33.6 Å². The molecule has 0 aromatic carbocycles. The standard InChI is InChI=1S/C12H22N2O4/c1-11(2,9(15)16)7-13-10(17)14-12(3)5-4-6-18-8-12/h4-8H2,1-3H3,(H,15,16)(H2,13,14,17). The Morgan fingerprint density at radius 1 is 1.44 bits per heavy atom. The predicted molar refractivity (Wildman–Crippen MR) is 66.4 cm³/mol. The van der Waals surface area contributed by atoms with Crippen LogP contribution in [-0.2, 0) is 9.53 Å². The first-order chi connectivity index (χ1) is 8.25. The van der Waals surface area contributed by atoms with Crippen LogP contribution in [0.15, 0.2) is 0 Å². The van der Waals surface area contributed by atoms with Crippen LogP contribution in [0.25, 0.3) is 0 Å². The monoisotopic (exact) mass is 258 g/mol. The molecule has 1 saturated heterocycles. The number of hydrogen-bond donors (Lipinski definition) is 3. The van der Waals surface area contributed by atoms with E-state index in [1.165, 1.54) is 0 Å². The van der Waals surface area contributed by atoms with E-state index in [0.717, 1.165) is 19.4 Å². The molecular weight excluding hydrogens is 236 g/mol. The average molecular weight is 258 g/mol. The zero-order chi connectivity index (χ0) is 13.8. The second-order valence-electron chi connectivity index (χ2n) is 5.71. The molecule has 0 aromatic heterocycles. The number of carbonyl (C=O) groups excluding carboxylic acids is 1. The van der Waals surface area contributed by atoms with E-state index in [1.807, 2.05) is 6.92 Å². The van der Waals surface area contributed by atoms with Crippen LogP contribution in [0.1, 0.15) is 33.6 Å². The minimum atomic E-state index is -0.971. The number of ether oxygens (including phenoxy) is 1. The van der Waals surface area contributed by atoms with E-state index < -0.39 is 11.4 Å². The normalized spacial score (nSPS) is 24.4. The Bertz CT molecular complexity index is 322. The first-order valence-corrected chi connectivity index (χ1v) is 6.12. The van der Waals surface area contributed by atoms with Crippen LogP contribution in [0.3, 0.4) is 0 Å². The molecule has 1 fully saturated rings. The summed E-state index contributed by atoms with van der Waals surface area (Å²) in [6, 6.07) is -0.350. The summed E-state index contributed by atoms with van der Waals surface area (Å²) >= 11 is 0. The van der Waals surface area contributed by atoms with Crippen molar-refractivity contribution in [2.75, 3.05) is 19.8 Å². The highest BCUT2D eigenvalue weighted by atomic mass is 16.5. The number of rotatable bonds is 4. The largest absolute Gasteiger partial charge is 0.481 e. The van der Waals surface area contributed by atoms with Crippen molar-refractivity contribution in [1.82, 2.24) is 10.6 Å². The van der Waals surface area contributed by atoms with E-state index in [0.29, 0.717) is 6.61 Å². The Labute approximate surface area is 107 Å². The van der Waals surface area contributed by atoms with Crippen molar-refractivity contribution < 1.29 is 19.4 Å². The molecule has 1 heterocycles. The molecule has 18 heavy (non-hydrogen) atoms. The minimum absolute atomic E-state index is 0.0884. The van der Waals surface area contributed by atoms with Gasteiger partial charge in [0.1, 0.15) is 0 Å². The molecule has 3 N–H and O–H groups in total. The van der Waals surface area contributed by atoms with Crippen molar-refractivity contribution in [3.8, 4) is 0 Å². The summed E-state index contributed by atoms with van der Waals surface area (Å²) in [7, 11) is 0. The van der Waals surface area contributed by atoms with Gasteiger partial charge in [-0.3, -0.25) is 4.79 Å². The van der Waals surface area contributed by atoms with E-state index in [9.17, 15) is 9.59 Å². The number of hydrogen-bond acceptors (Lipinski definition) is 3. The van der Waals surface area contributed by atoms with E-state index in [1.54, 1.807) is 13.8 Å². The van der Waals surface area contributed by atoms with Crippen molar-refractivity contribution in [3.05, 3.63) is 0 Å². The Hall–Kier alpha value is -1.30. The number of amides is 2. The lowest BCUT2D eigenvalue weighted by molar-refractivity contribution is -0.146. The maximum atomic E-state index is 11.7. The molecule has 0 aliphatic carbocycles. The SMILES string of the molecule is CC1(NC(=O)NCC(C)(C)C(=O)O)CCCOC1. The van der Waals surface area contributed by atoms with E-state index in [4.69, 9.17) is 9.84 Å². The lowest BCUT2D eigenvalue weighted by Gasteiger charge is -2.34. The van der Waals surface area contributed by atoms with Gasteiger partial charge in [0.2, 0.25) is 0 Å². The molecule has 1 atom stereocenters. The molecule has 6 nitrogen and oxygen atoms in total. The summed E-state index contributed by atoms with van der Waals surface area (Å²) < 4.78 is 5.33. The first-order valence-electron chi connectivity index (χ1n) is 6.12. The smallest absolute Gasteiger partial charge is 0.315 e. The summed E-state index contributed by atoms with van der Waals surface area (Å²) in [4.78, 5) is 22.6. The molecule has 0 radical (unpaired) electrons. The molecule has 2 amide bonds. The molecule has 1 aliphatic heterocycles. The third-order valence-corrected chi connectivity index (χ3v) is 3.12. The van der Waals surface area contributed by atoms with Crippen molar-refractivity contribution in [2.45, 2.75) is 39.2 Å². The fraction of sp³-hybridized carbons (Fsp3) is 0.833. The molecule has 0 aromatic rings. The van der Waals surface area contributed by atoms with E-state index in [2.05, 4.69) is 10.6 Å². The van der Waals surface area contributed by atoms with Gasteiger partial charge in [-0.25, -0.2) is 4.79 Å². The second kappa shape index (κ2) is 5.56. The molecule has 6 heteroatoms. The van der Waals surface area contributed by atoms with Gasteiger partial charge in [-0.1, -0.05) is 0 Å². The third kappa shape index (κ3) is 4.18. The minimum Gasteiger partial charge on any atom is -0.481 e. The number of nitrogens with one attached hydrogen (secondary N) is 2. The van der Waals surface area contributed by atoms with Gasteiger partial charge in [0.25, 0.3) is 0 Å². The third-order valence-electron chi connectivity index (χ3n) is 3.12. The maximum absolute atomic E-state index is 11.7. The summed E-state index contributed by atoms with van der Waals surface area (Å²) in [5.41, 5.74) is -1.34. The molecule has 1 rings (SSSR count). The van der Waals surface area contributed by atoms with Crippen LogP contribution in [0.5, 0.6) is 0 Å². The summed E-state index contributed by atoms with van der Waals surface area (Å²) in [6.45, 7) is 6.37. The number of urea groups is 1. The van der Waals surface area contributed by atoms with Crippen LogP contribution < -0.4 is 10.6 Å². The maximum Gasteiger partial charge on any atom is 0.315 e. The molecule has 0 saturated carbocycles. The van der Waals surface area contributed by atoms with Gasteiger partial charge >= 0.3 is 12.0 Å². The number of aliphatic carboxylic acids is 1. The zero-order valence-corrected chi connectivity index (χ0v) is 11.2. The van der Waals surface area contributed by atoms with Crippen LogP contribution in [0.4, 0.5) is 4.79 Å². The van der Waals surface area contributed by atoms with E-state index in [-0.39, 0.29) is 18.1 Å². The van der Waals surface area contributed by atoms with Gasteiger partial charge < -0.3 is 20.5 Å². The van der Waals surface area contributed by atoms with Gasteiger partial charge in [0, 0.05) is 13.2 Å². The highest BCUT2D eigenvalue weighted by Crippen LogP contribution is 2.18. The number of carboxylic acids is 1. The zero-order valence-electron chi connectivity index (χ0n) is 11.2. The van der Waals surface area contributed by atoms with Crippen molar-refractivity contribution in [1.29, 1.82) is 0 Å². The Kier molecular flexibility index (Phi) is 4.56. The van der Waals surface area contributed by atoms with Gasteiger partial charge in [-0.15, -0.1) is 0 Å². The molecule has 104 valence electrons. The van der Waals surface area contributed by atoms with Gasteiger partial charge in [-0.2, -0.15) is 0 Å². The Morgan fingerprint density at radius 3 is 2.61 bits per heavy atom. The summed E-state index contributed by atoms with van der Waals surface area (Å²) in [6.07, 6.45) is 1.78. The van der Waals surface area contributed by atoms with Crippen LogP contribution in [0, 0.1) is 5.41 Å². The lowest BCUT2D eigenvalue weighted by Crippen LogP contribution is -2.55. The fourth-order valence-corrected chi connectivity index (χ4v) is 1.73. The highest BCUT2D eigenvalue weighted by Gasteiger charge is 2.31. The predicted octanol–water partition coefficient (Wildman–Crippen LogP) is 0.965. The van der Waals surface area contributed by atoms with Crippen LogP contribution >= 0.6 is 0 Å².